The molecule has 1 aromatic rings. The molecule has 0 fully saturated rings. The molecular weight excluding hydrogens is 270 g/mol. The van der Waals surface area contributed by atoms with Crippen LogP contribution in [0.3, 0.4) is 0 Å². The van der Waals surface area contributed by atoms with E-state index in [0.717, 1.165) is 0 Å². The minimum Gasteiger partial charge on any atom is -0.465 e. The van der Waals surface area contributed by atoms with Crippen molar-refractivity contribution in [3.05, 3.63) is 29.8 Å². The number of benzene rings is 1. The topological polar surface area (TPSA) is 81.7 Å². The van der Waals surface area contributed by atoms with Gasteiger partial charge in [0.25, 0.3) is 0 Å². The van der Waals surface area contributed by atoms with Crippen LogP contribution in [-0.2, 0) is 19.5 Å². The predicted octanol–water partition coefficient (Wildman–Crippen LogP) is 0.786. The second kappa shape index (κ2) is 6.65. The highest BCUT2D eigenvalue weighted by atomic mass is 32.2. The van der Waals surface area contributed by atoms with Crippen LogP contribution in [0, 0.1) is 0 Å². The second-order valence-electron chi connectivity index (χ2n) is 3.99. The zero-order chi connectivity index (χ0) is 14.5. The van der Waals surface area contributed by atoms with Crippen LogP contribution >= 0.6 is 0 Å². The number of carbonyl (C=O) groups excluding carboxylic acids is 1. The van der Waals surface area contributed by atoms with Crippen LogP contribution in [-0.4, -0.2) is 41.3 Å². The normalized spacial score (nSPS) is 13.0. The van der Waals surface area contributed by atoms with Crippen molar-refractivity contribution in [3.63, 3.8) is 0 Å². The smallest absolute Gasteiger partial charge is 0.337 e. The summed E-state index contributed by atoms with van der Waals surface area (Å²) in [6.07, 6.45) is 0. The van der Waals surface area contributed by atoms with Crippen LogP contribution in [0.15, 0.2) is 29.2 Å². The van der Waals surface area contributed by atoms with Crippen molar-refractivity contribution in [1.29, 1.82) is 0 Å². The molecule has 106 valence electrons. The SMILES string of the molecule is COCC(C)NS(=O)(=O)c1ccc(C(=O)OC)cc1. The lowest BCUT2D eigenvalue weighted by Crippen LogP contribution is -2.35. The van der Waals surface area contributed by atoms with Crippen LogP contribution in [0.4, 0.5) is 0 Å². The van der Waals surface area contributed by atoms with Crippen molar-refractivity contribution in [2.75, 3.05) is 20.8 Å². The highest BCUT2D eigenvalue weighted by Crippen LogP contribution is 2.11. The van der Waals surface area contributed by atoms with Gasteiger partial charge in [-0.05, 0) is 31.2 Å². The molecule has 1 aromatic carbocycles. The number of nitrogens with one attached hydrogen (secondary N) is 1. The van der Waals surface area contributed by atoms with Crippen molar-refractivity contribution in [3.8, 4) is 0 Å². The summed E-state index contributed by atoms with van der Waals surface area (Å²) in [5.74, 6) is -0.510. The predicted molar refractivity (Wildman–Crippen MR) is 69.4 cm³/mol. The van der Waals surface area contributed by atoms with Crippen molar-refractivity contribution in [2.45, 2.75) is 17.9 Å². The lowest BCUT2D eigenvalue weighted by Gasteiger charge is -2.13. The van der Waals surface area contributed by atoms with E-state index >= 15 is 0 Å². The van der Waals surface area contributed by atoms with Gasteiger partial charge in [0.05, 0.1) is 24.2 Å². The summed E-state index contributed by atoms with van der Waals surface area (Å²) < 4.78 is 35.8. The maximum absolute atomic E-state index is 12.0. The maximum atomic E-state index is 12.0. The lowest BCUT2D eigenvalue weighted by atomic mass is 10.2. The van der Waals surface area contributed by atoms with Gasteiger partial charge >= 0.3 is 5.97 Å². The minimum absolute atomic E-state index is 0.0862. The summed E-state index contributed by atoms with van der Waals surface area (Å²) in [7, 11) is -0.852. The molecule has 0 bridgehead atoms. The fraction of sp³-hybridized carbons (Fsp3) is 0.417. The molecule has 1 atom stereocenters. The van der Waals surface area contributed by atoms with Crippen molar-refractivity contribution >= 4 is 16.0 Å². The maximum Gasteiger partial charge on any atom is 0.337 e. The molecule has 1 N–H and O–H groups in total. The van der Waals surface area contributed by atoms with Crippen LogP contribution in [0.1, 0.15) is 17.3 Å². The number of sulfonamides is 1. The minimum atomic E-state index is -3.61. The quantitative estimate of drug-likeness (QED) is 0.782. The van der Waals surface area contributed by atoms with Gasteiger partial charge < -0.3 is 9.47 Å². The summed E-state index contributed by atoms with van der Waals surface area (Å²) in [6.45, 7) is 1.98. The third kappa shape index (κ3) is 4.30. The average molecular weight is 287 g/mol. The van der Waals surface area contributed by atoms with Gasteiger partial charge in [0.1, 0.15) is 0 Å². The molecule has 0 aliphatic heterocycles. The average Bonchev–Trinajstić information content (AvgIpc) is 2.37. The van der Waals surface area contributed by atoms with E-state index in [4.69, 9.17) is 4.74 Å². The fourth-order valence-corrected chi connectivity index (χ4v) is 2.73. The van der Waals surface area contributed by atoms with Gasteiger partial charge in [0.2, 0.25) is 10.0 Å². The first-order valence-corrected chi connectivity index (χ1v) is 7.08. The van der Waals surface area contributed by atoms with Crippen molar-refractivity contribution in [1.82, 2.24) is 4.72 Å². The Labute approximate surface area is 112 Å². The summed E-state index contributed by atoms with van der Waals surface area (Å²) in [4.78, 5) is 11.3. The van der Waals surface area contributed by atoms with E-state index in [1.165, 1.54) is 38.5 Å². The van der Waals surface area contributed by atoms with Gasteiger partial charge in [-0.1, -0.05) is 0 Å². The van der Waals surface area contributed by atoms with Crippen LogP contribution < -0.4 is 4.72 Å². The molecule has 0 aliphatic rings. The molecule has 19 heavy (non-hydrogen) atoms. The van der Waals surface area contributed by atoms with E-state index in [-0.39, 0.29) is 17.5 Å². The molecule has 7 heteroatoms. The Morgan fingerprint density at radius 2 is 1.84 bits per heavy atom. The largest absolute Gasteiger partial charge is 0.465 e. The molecule has 1 rings (SSSR count). The first-order valence-electron chi connectivity index (χ1n) is 5.60. The first-order chi connectivity index (χ1) is 8.90. The third-order valence-corrected chi connectivity index (χ3v) is 3.96. The molecule has 6 nitrogen and oxygen atoms in total. The highest BCUT2D eigenvalue weighted by Gasteiger charge is 2.17. The standard InChI is InChI=1S/C12H17NO5S/c1-9(8-17-2)13-19(15,16)11-6-4-10(5-7-11)12(14)18-3/h4-7,9,13H,8H2,1-3H3. The van der Waals surface area contributed by atoms with E-state index in [2.05, 4.69) is 9.46 Å². The molecule has 0 radical (unpaired) electrons. The van der Waals surface area contributed by atoms with Gasteiger partial charge in [-0.2, -0.15) is 0 Å². The molecule has 0 amide bonds. The Hall–Kier alpha value is -1.44. The first kappa shape index (κ1) is 15.6. The van der Waals surface area contributed by atoms with Crippen LogP contribution in [0.2, 0.25) is 0 Å². The molecule has 0 aromatic heterocycles. The van der Waals surface area contributed by atoms with Crippen LogP contribution in [0.25, 0.3) is 0 Å². The number of methoxy groups -OCH3 is 2. The van der Waals surface area contributed by atoms with Crippen LogP contribution in [0.5, 0.6) is 0 Å². The number of carbonyl (C=O) groups is 1. The summed E-state index contributed by atoms with van der Waals surface area (Å²) in [6, 6.07) is 5.18. The summed E-state index contributed by atoms with van der Waals surface area (Å²) in [5, 5.41) is 0. The lowest BCUT2D eigenvalue weighted by molar-refractivity contribution is 0.0600. The zero-order valence-corrected chi connectivity index (χ0v) is 11.9. The fourth-order valence-electron chi connectivity index (χ4n) is 1.50. The third-order valence-electron chi connectivity index (χ3n) is 2.36. The second-order valence-corrected chi connectivity index (χ2v) is 5.71. The van der Waals surface area contributed by atoms with Gasteiger partial charge in [-0.25, -0.2) is 17.9 Å². The van der Waals surface area contributed by atoms with Gasteiger partial charge in [0, 0.05) is 13.2 Å². The number of rotatable bonds is 6. The molecular formula is C12H17NO5S. The van der Waals surface area contributed by atoms with Crippen molar-refractivity contribution < 1.29 is 22.7 Å². The molecule has 0 heterocycles. The Bertz CT molecular complexity index is 524. The van der Waals surface area contributed by atoms with E-state index < -0.39 is 16.0 Å². The van der Waals surface area contributed by atoms with E-state index in [0.29, 0.717) is 5.56 Å². The monoisotopic (exact) mass is 287 g/mol. The van der Waals surface area contributed by atoms with Gasteiger partial charge in [-0.3, -0.25) is 0 Å². The molecule has 0 aliphatic carbocycles. The zero-order valence-electron chi connectivity index (χ0n) is 11.0. The number of hydrogen-bond acceptors (Lipinski definition) is 5. The van der Waals surface area contributed by atoms with Crippen molar-refractivity contribution in [2.24, 2.45) is 0 Å². The Kier molecular flexibility index (Phi) is 5.46. The number of esters is 1. The van der Waals surface area contributed by atoms with E-state index in [9.17, 15) is 13.2 Å². The number of ether oxygens (including phenoxy) is 2. The Morgan fingerprint density at radius 3 is 2.32 bits per heavy atom. The molecule has 0 saturated heterocycles. The number of hydrogen-bond donors (Lipinski definition) is 1. The van der Waals surface area contributed by atoms with Gasteiger partial charge in [0.15, 0.2) is 0 Å². The summed E-state index contributed by atoms with van der Waals surface area (Å²) in [5.41, 5.74) is 0.298. The van der Waals surface area contributed by atoms with E-state index in [1.54, 1.807) is 6.92 Å². The highest BCUT2D eigenvalue weighted by molar-refractivity contribution is 7.89. The molecule has 1 unspecified atom stereocenters. The van der Waals surface area contributed by atoms with Gasteiger partial charge in [-0.15, -0.1) is 0 Å². The Morgan fingerprint density at radius 1 is 1.26 bits per heavy atom. The Balaban J connectivity index is 2.88. The van der Waals surface area contributed by atoms with E-state index in [1.807, 2.05) is 0 Å². The molecule has 0 saturated carbocycles. The molecule has 0 spiro atoms. The summed E-state index contributed by atoms with van der Waals surface area (Å²) >= 11 is 0.